The van der Waals surface area contributed by atoms with E-state index < -0.39 is 17.3 Å². The minimum Gasteiger partial charge on any atom is -0.362 e. The Balaban J connectivity index is 1.68. The van der Waals surface area contributed by atoms with Crippen LogP contribution in [0.25, 0.3) is 5.82 Å². The van der Waals surface area contributed by atoms with Gasteiger partial charge in [-0.15, -0.1) is 0 Å². The zero-order valence-corrected chi connectivity index (χ0v) is 16.8. The number of hydrogen-bond acceptors (Lipinski definition) is 4. The molecule has 1 saturated heterocycles. The zero-order valence-electron chi connectivity index (χ0n) is 16.0. The number of alkyl halides is 3. The number of aryl methyl sites for hydroxylation is 1. The highest BCUT2D eigenvalue weighted by atomic mass is 35.5. The largest absolute Gasteiger partial charge is 0.417 e. The lowest BCUT2D eigenvalue weighted by molar-refractivity contribution is -0.137. The van der Waals surface area contributed by atoms with Crippen molar-refractivity contribution in [1.29, 1.82) is 0 Å². The highest BCUT2D eigenvalue weighted by molar-refractivity contribution is 6.33. The topological polar surface area (TPSA) is 51.0 Å². The Bertz CT molecular complexity index is 1130. The molecule has 9 heteroatoms. The molecule has 0 aliphatic carbocycles. The van der Waals surface area contributed by atoms with Gasteiger partial charge >= 0.3 is 6.18 Å². The summed E-state index contributed by atoms with van der Waals surface area (Å²) in [5, 5.41) is 4.09. The second kappa shape index (κ2) is 7.75. The Hall–Kier alpha value is -2.87. The first kappa shape index (κ1) is 20.4. The SMILES string of the molecule is Cc1cccc(C2CCCN2c2cnn(-c3ccc(C(F)(F)F)cn3)c(=O)c2Cl)c1. The summed E-state index contributed by atoms with van der Waals surface area (Å²) < 4.78 is 39.1. The molecule has 3 aromatic rings. The molecule has 1 aliphatic rings. The van der Waals surface area contributed by atoms with E-state index in [9.17, 15) is 18.0 Å². The predicted octanol–water partition coefficient (Wildman–Crippen LogP) is 4.95. The summed E-state index contributed by atoms with van der Waals surface area (Å²) in [7, 11) is 0. The highest BCUT2D eigenvalue weighted by Crippen LogP contribution is 2.38. The number of pyridine rings is 1. The van der Waals surface area contributed by atoms with E-state index in [-0.39, 0.29) is 16.9 Å². The van der Waals surface area contributed by atoms with Crippen molar-refractivity contribution < 1.29 is 13.2 Å². The average Bonchev–Trinajstić information content (AvgIpc) is 3.19. The van der Waals surface area contributed by atoms with Gasteiger partial charge in [-0.1, -0.05) is 41.4 Å². The number of aromatic nitrogens is 3. The summed E-state index contributed by atoms with van der Waals surface area (Å²) in [6.45, 7) is 2.75. The molecule has 1 unspecified atom stereocenters. The molecular formula is C21H18ClF3N4O. The molecule has 5 nitrogen and oxygen atoms in total. The van der Waals surface area contributed by atoms with Crippen molar-refractivity contribution in [1.82, 2.24) is 14.8 Å². The van der Waals surface area contributed by atoms with Crippen molar-refractivity contribution in [3.8, 4) is 5.82 Å². The number of benzene rings is 1. The van der Waals surface area contributed by atoms with Crippen molar-refractivity contribution in [3.05, 3.63) is 80.9 Å². The van der Waals surface area contributed by atoms with Crippen molar-refractivity contribution in [3.63, 3.8) is 0 Å². The van der Waals surface area contributed by atoms with Gasteiger partial charge in [-0.3, -0.25) is 4.79 Å². The fraction of sp³-hybridized carbons (Fsp3) is 0.286. The number of anilines is 1. The number of halogens is 4. The van der Waals surface area contributed by atoms with Crippen LogP contribution >= 0.6 is 11.6 Å². The van der Waals surface area contributed by atoms with Gasteiger partial charge in [0.05, 0.1) is 23.5 Å². The maximum Gasteiger partial charge on any atom is 0.417 e. The number of nitrogens with zero attached hydrogens (tertiary/aromatic N) is 4. The van der Waals surface area contributed by atoms with Crippen molar-refractivity contribution in [2.45, 2.75) is 32.0 Å². The van der Waals surface area contributed by atoms with Crippen LogP contribution in [-0.2, 0) is 6.18 Å². The smallest absolute Gasteiger partial charge is 0.362 e. The third-order valence-electron chi connectivity index (χ3n) is 5.18. The third kappa shape index (κ3) is 3.79. The van der Waals surface area contributed by atoms with Gasteiger partial charge < -0.3 is 4.90 Å². The van der Waals surface area contributed by atoms with Crippen LogP contribution in [0.4, 0.5) is 18.9 Å². The van der Waals surface area contributed by atoms with Crippen molar-refractivity contribution in [2.24, 2.45) is 0 Å². The standard InChI is InChI=1S/C21H18ClF3N4O/c1-13-4-2-5-14(10-13)16-6-3-9-28(16)17-12-27-29(20(30)19(17)22)18-8-7-15(11-26-18)21(23,24)25/h2,4-5,7-8,10-12,16H,3,6,9H2,1H3. The summed E-state index contributed by atoms with van der Waals surface area (Å²) in [4.78, 5) is 18.6. The first-order chi connectivity index (χ1) is 14.3. The van der Waals surface area contributed by atoms with Crippen molar-refractivity contribution >= 4 is 17.3 Å². The summed E-state index contributed by atoms with van der Waals surface area (Å²) in [5.74, 6) is -0.0295. The molecule has 1 aromatic carbocycles. The second-order valence-corrected chi connectivity index (χ2v) is 7.61. The van der Waals surface area contributed by atoms with Crippen LogP contribution in [0.3, 0.4) is 0 Å². The predicted molar refractivity (Wildman–Crippen MR) is 108 cm³/mol. The fourth-order valence-corrected chi connectivity index (χ4v) is 3.98. The molecule has 1 fully saturated rings. The minimum atomic E-state index is -4.51. The third-order valence-corrected chi connectivity index (χ3v) is 5.54. The molecule has 0 amide bonds. The normalized spacial score (nSPS) is 16.8. The second-order valence-electron chi connectivity index (χ2n) is 7.23. The minimum absolute atomic E-state index is 0.0295. The van der Waals surface area contributed by atoms with Gasteiger partial charge in [-0.2, -0.15) is 23.0 Å². The summed E-state index contributed by atoms with van der Waals surface area (Å²) >= 11 is 6.39. The monoisotopic (exact) mass is 434 g/mol. The summed E-state index contributed by atoms with van der Waals surface area (Å²) in [6.07, 6.45) is -0.509. The van der Waals surface area contributed by atoms with Crippen LogP contribution in [-0.4, -0.2) is 21.3 Å². The fourth-order valence-electron chi connectivity index (χ4n) is 3.75. The van der Waals surface area contributed by atoms with Gasteiger partial charge in [-0.05, 0) is 37.5 Å². The molecule has 3 heterocycles. The number of rotatable bonds is 3. The van der Waals surface area contributed by atoms with Gasteiger partial charge in [0.15, 0.2) is 5.82 Å². The van der Waals surface area contributed by atoms with Gasteiger partial charge in [0.25, 0.3) is 5.56 Å². The molecule has 0 saturated carbocycles. The van der Waals surface area contributed by atoms with E-state index >= 15 is 0 Å². The molecule has 1 aliphatic heterocycles. The van der Waals surface area contributed by atoms with Crippen LogP contribution in [0.2, 0.25) is 5.02 Å². The molecule has 0 bridgehead atoms. The molecule has 1 atom stereocenters. The Morgan fingerprint density at radius 2 is 1.97 bits per heavy atom. The van der Waals surface area contributed by atoms with E-state index in [1.165, 1.54) is 6.20 Å². The van der Waals surface area contributed by atoms with E-state index in [0.29, 0.717) is 11.9 Å². The van der Waals surface area contributed by atoms with Crippen molar-refractivity contribution in [2.75, 3.05) is 11.4 Å². The first-order valence-corrected chi connectivity index (χ1v) is 9.78. The molecule has 156 valence electrons. The van der Waals surface area contributed by atoms with Crippen LogP contribution < -0.4 is 10.5 Å². The molecule has 2 aromatic heterocycles. The Kier molecular flexibility index (Phi) is 5.27. The van der Waals surface area contributed by atoms with E-state index in [0.717, 1.165) is 47.3 Å². The van der Waals surface area contributed by atoms with E-state index in [1.807, 2.05) is 25.1 Å². The Morgan fingerprint density at radius 3 is 2.63 bits per heavy atom. The van der Waals surface area contributed by atoms with Gasteiger partial charge in [0, 0.05) is 12.7 Å². The lowest BCUT2D eigenvalue weighted by atomic mass is 10.0. The Morgan fingerprint density at radius 1 is 1.17 bits per heavy atom. The molecule has 0 spiro atoms. The highest BCUT2D eigenvalue weighted by Gasteiger charge is 2.31. The van der Waals surface area contributed by atoms with Gasteiger partial charge in [0.1, 0.15) is 5.02 Å². The van der Waals surface area contributed by atoms with Crippen LogP contribution in [0.1, 0.15) is 35.6 Å². The zero-order chi connectivity index (χ0) is 21.5. The average molecular weight is 435 g/mol. The summed E-state index contributed by atoms with van der Waals surface area (Å²) in [6, 6.07) is 10.2. The lowest BCUT2D eigenvalue weighted by Crippen LogP contribution is -2.29. The van der Waals surface area contributed by atoms with Crippen LogP contribution in [0.5, 0.6) is 0 Å². The van der Waals surface area contributed by atoms with Crippen LogP contribution in [0.15, 0.2) is 53.6 Å². The molecular weight excluding hydrogens is 417 g/mol. The van der Waals surface area contributed by atoms with E-state index in [4.69, 9.17) is 11.6 Å². The molecule has 4 rings (SSSR count). The van der Waals surface area contributed by atoms with Crippen LogP contribution in [0, 0.1) is 6.92 Å². The first-order valence-electron chi connectivity index (χ1n) is 9.40. The maximum atomic E-state index is 12.8. The quantitative estimate of drug-likeness (QED) is 0.585. The molecule has 30 heavy (non-hydrogen) atoms. The van der Waals surface area contributed by atoms with E-state index in [2.05, 4.69) is 21.0 Å². The van der Waals surface area contributed by atoms with E-state index in [1.54, 1.807) is 0 Å². The Labute approximate surface area is 175 Å². The molecule has 0 radical (unpaired) electrons. The van der Waals surface area contributed by atoms with Gasteiger partial charge in [-0.25, -0.2) is 4.98 Å². The molecule has 0 N–H and O–H groups in total. The van der Waals surface area contributed by atoms with Gasteiger partial charge in [0.2, 0.25) is 0 Å². The summed E-state index contributed by atoms with van der Waals surface area (Å²) in [5.41, 5.74) is 1.26. The lowest BCUT2D eigenvalue weighted by Gasteiger charge is -2.28. The number of hydrogen-bond donors (Lipinski definition) is 0. The maximum absolute atomic E-state index is 12.8.